The van der Waals surface area contributed by atoms with Gasteiger partial charge in [-0.15, -0.1) is 0 Å². The zero-order valence-corrected chi connectivity index (χ0v) is 23.1. The normalized spacial score (nSPS) is 18.2. The molecule has 5 rings (SSSR count). The van der Waals surface area contributed by atoms with Crippen molar-refractivity contribution in [1.82, 2.24) is 19.7 Å². The number of carbonyl (C=O) groups is 3. The molecule has 2 aliphatic heterocycles. The molecule has 10 heteroatoms. The molecule has 2 fully saturated rings. The predicted octanol–water partition coefficient (Wildman–Crippen LogP) is 5.53. The smallest absolute Gasteiger partial charge is 0.418 e. The first kappa shape index (κ1) is 27.7. The van der Waals surface area contributed by atoms with Crippen LogP contribution in [0.1, 0.15) is 47.3 Å². The summed E-state index contributed by atoms with van der Waals surface area (Å²) in [6.07, 6.45) is 2.94. The van der Waals surface area contributed by atoms with E-state index >= 15 is 0 Å². The number of carbonyl (C=O) groups excluding carboxylic acids is 2. The third kappa shape index (κ3) is 6.29. The molecule has 2 aliphatic rings. The lowest BCUT2D eigenvalue weighted by molar-refractivity contribution is 0.0696. The summed E-state index contributed by atoms with van der Waals surface area (Å²) in [5.74, 6) is -0.940. The highest BCUT2D eigenvalue weighted by Gasteiger charge is 2.45. The van der Waals surface area contributed by atoms with Crippen LogP contribution in [0.2, 0.25) is 0 Å². The standard InChI is InChI=1S/C30H32N4O5S/c1-2-39-30(38)33-20-26(22-6-4-3-5-7-22)34(29(33)37)24-14-16-32(17-15-24)19-21-8-13-27(31-18-21)40-25-11-9-23(10-12-25)28(35)36/h3-13,18,24,26H,2,14-17,19-20H2,1H3,(H,35,36). The number of pyridine rings is 1. The third-order valence-electron chi connectivity index (χ3n) is 7.29. The summed E-state index contributed by atoms with van der Waals surface area (Å²) in [7, 11) is 0. The second kappa shape index (κ2) is 12.5. The SMILES string of the molecule is CCOC(=O)N1CC(c2ccccc2)N(C2CCN(Cc3ccc(Sc4ccc(C(=O)O)cc4)nc3)CC2)C1=O. The van der Waals surface area contributed by atoms with Crippen LogP contribution in [0, 0.1) is 0 Å². The number of carboxylic acids is 1. The van der Waals surface area contributed by atoms with Crippen LogP contribution in [-0.2, 0) is 11.3 Å². The summed E-state index contributed by atoms with van der Waals surface area (Å²) < 4.78 is 5.16. The quantitative estimate of drug-likeness (QED) is 0.384. The van der Waals surface area contributed by atoms with Gasteiger partial charge in [0.1, 0.15) is 5.03 Å². The number of likely N-dealkylation sites (tertiary alicyclic amines) is 1. The average Bonchev–Trinajstić information content (AvgIpc) is 3.32. The van der Waals surface area contributed by atoms with Crippen molar-refractivity contribution in [3.05, 3.63) is 89.6 Å². The van der Waals surface area contributed by atoms with Crippen molar-refractivity contribution in [3.8, 4) is 0 Å². The topological polar surface area (TPSA) is 103 Å². The highest BCUT2D eigenvalue weighted by molar-refractivity contribution is 7.99. The molecule has 3 aromatic rings. The minimum absolute atomic E-state index is 0.0396. The fourth-order valence-corrected chi connectivity index (χ4v) is 6.04. The summed E-state index contributed by atoms with van der Waals surface area (Å²) in [5, 5.41) is 9.90. The number of amides is 3. The Morgan fingerprint density at radius 3 is 2.38 bits per heavy atom. The van der Waals surface area contributed by atoms with Crippen molar-refractivity contribution >= 4 is 29.9 Å². The van der Waals surface area contributed by atoms with Gasteiger partial charge in [0.15, 0.2) is 0 Å². The molecule has 3 amide bonds. The molecule has 1 atom stereocenters. The van der Waals surface area contributed by atoms with Crippen LogP contribution in [0.5, 0.6) is 0 Å². The van der Waals surface area contributed by atoms with Crippen molar-refractivity contribution in [3.63, 3.8) is 0 Å². The number of piperidine rings is 1. The van der Waals surface area contributed by atoms with Crippen molar-refractivity contribution in [2.45, 2.75) is 48.3 Å². The van der Waals surface area contributed by atoms with Crippen LogP contribution in [0.15, 0.2) is 82.8 Å². The van der Waals surface area contributed by atoms with Crippen LogP contribution in [0.3, 0.4) is 0 Å². The van der Waals surface area contributed by atoms with Gasteiger partial charge in [0, 0.05) is 36.8 Å². The van der Waals surface area contributed by atoms with Crippen LogP contribution in [-0.4, -0.2) is 75.2 Å². The number of hydrogen-bond acceptors (Lipinski definition) is 7. The van der Waals surface area contributed by atoms with Gasteiger partial charge >= 0.3 is 18.1 Å². The Kier molecular flexibility index (Phi) is 8.66. The first-order valence-electron chi connectivity index (χ1n) is 13.4. The zero-order valence-electron chi connectivity index (χ0n) is 22.3. The molecular weight excluding hydrogens is 528 g/mol. The molecule has 1 aromatic heterocycles. The highest BCUT2D eigenvalue weighted by Crippen LogP contribution is 2.35. The van der Waals surface area contributed by atoms with Crippen molar-refractivity contribution < 1.29 is 24.2 Å². The van der Waals surface area contributed by atoms with Gasteiger partial charge < -0.3 is 14.7 Å². The van der Waals surface area contributed by atoms with E-state index in [0.717, 1.165) is 53.5 Å². The number of rotatable bonds is 8. The van der Waals surface area contributed by atoms with Gasteiger partial charge in [-0.05, 0) is 61.2 Å². The summed E-state index contributed by atoms with van der Waals surface area (Å²) >= 11 is 1.49. The number of ether oxygens (including phenoxy) is 1. The number of aromatic nitrogens is 1. The Balaban J connectivity index is 1.18. The third-order valence-corrected chi connectivity index (χ3v) is 8.25. The minimum atomic E-state index is -0.940. The van der Waals surface area contributed by atoms with E-state index in [1.807, 2.05) is 47.5 Å². The lowest BCUT2D eigenvalue weighted by atomic mass is 9.99. The number of carboxylic acid groups (broad SMARTS) is 1. The molecule has 1 unspecified atom stereocenters. The number of urea groups is 1. The van der Waals surface area contributed by atoms with Crippen LogP contribution in [0.25, 0.3) is 0 Å². The first-order chi connectivity index (χ1) is 19.4. The number of aromatic carboxylic acids is 1. The largest absolute Gasteiger partial charge is 0.478 e. The van der Waals surface area contributed by atoms with Crippen molar-refractivity contribution in [2.75, 3.05) is 26.2 Å². The number of nitrogens with zero attached hydrogens (tertiary/aromatic N) is 4. The van der Waals surface area contributed by atoms with Gasteiger partial charge in [-0.2, -0.15) is 0 Å². The van der Waals surface area contributed by atoms with Gasteiger partial charge in [-0.1, -0.05) is 48.2 Å². The van der Waals surface area contributed by atoms with Gasteiger partial charge in [0.2, 0.25) is 0 Å². The lowest BCUT2D eigenvalue weighted by Gasteiger charge is -2.38. The molecule has 9 nitrogen and oxygen atoms in total. The van der Waals surface area contributed by atoms with Crippen LogP contribution < -0.4 is 0 Å². The second-order valence-electron chi connectivity index (χ2n) is 9.87. The molecule has 0 spiro atoms. The molecule has 0 saturated carbocycles. The fraction of sp³-hybridized carbons (Fsp3) is 0.333. The number of hydrogen-bond donors (Lipinski definition) is 1. The summed E-state index contributed by atoms with van der Waals surface area (Å²) in [4.78, 5) is 47.9. The Labute approximate surface area is 237 Å². The average molecular weight is 561 g/mol. The van der Waals surface area contributed by atoms with Crippen molar-refractivity contribution in [2.24, 2.45) is 0 Å². The first-order valence-corrected chi connectivity index (χ1v) is 14.2. The van der Waals surface area contributed by atoms with E-state index < -0.39 is 12.1 Å². The second-order valence-corrected chi connectivity index (χ2v) is 11.0. The summed E-state index contributed by atoms with van der Waals surface area (Å²) in [5.41, 5.74) is 2.39. The zero-order chi connectivity index (χ0) is 28.1. The number of imide groups is 1. The van der Waals surface area contributed by atoms with E-state index in [4.69, 9.17) is 9.84 Å². The van der Waals surface area contributed by atoms with E-state index in [9.17, 15) is 14.4 Å². The maximum absolute atomic E-state index is 13.4. The monoisotopic (exact) mass is 560 g/mol. The minimum Gasteiger partial charge on any atom is -0.478 e. The Morgan fingerprint density at radius 2 is 1.75 bits per heavy atom. The molecule has 0 radical (unpaired) electrons. The summed E-state index contributed by atoms with van der Waals surface area (Å²) in [6, 6.07) is 20.3. The fourth-order valence-electron chi connectivity index (χ4n) is 5.28. The molecule has 3 heterocycles. The maximum Gasteiger partial charge on any atom is 0.418 e. The van der Waals surface area contributed by atoms with Gasteiger partial charge in [0.05, 0.1) is 24.8 Å². The van der Waals surface area contributed by atoms with E-state index in [0.29, 0.717) is 6.54 Å². The highest BCUT2D eigenvalue weighted by atomic mass is 32.2. The van der Waals surface area contributed by atoms with E-state index in [-0.39, 0.29) is 30.3 Å². The Hall–Kier alpha value is -3.89. The van der Waals surface area contributed by atoms with E-state index in [1.54, 1.807) is 31.2 Å². The Morgan fingerprint density at radius 1 is 1.02 bits per heavy atom. The molecular formula is C30H32N4O5S. The predicted molar refractivity (Wildman–Crippen MR) is 150 cm³/mol. The van der Waals surface area contributed by atoms with Gasteiger partial charge in [-0.25, -0.2) is 24.3 Å². The van der Waals surface area contributed by atoms with E-state index in [1.165, 1.54) is 16.7 Å². The molecule has 0 bridgehead atoms. The van der Waals surface area contributed by atoms with Gasteiger partial charge in [0.25, 0.3) is 0 Å². The maximum atomic E-state index is 13.4. The number of benzene rings is 2. The lowest BCUT2D eigenvalue weighted by Crippen LogP contribution is -2.47. The molecule has 2 aromatic carbocycles. The molecule has 40 heavy (non-hydrogen) atoms. The molecule has 208 valence electrons. The van der Waals surface area contributed by atoms with Crippen molar-refractivity contribution in [1.29, 1.82) is 0 Å². The molecule has 1 N–H and O–H groups in total. The van der Waals surface area contributed by atoms with E-state index in [2.05, 4.69) is 16.0 Å². The summed E-state index contributed by atoms with van der Waals surface area (Å²) in [6.45, 7) is 4.70. The molecule has 2 saturated heterocycles. The van der Waals surface area contributed by atoms with Crippen LogP contribution >= 0.6 is 11.8 Å². The van der Waals surface area contributed by atoms with Gasteiger partial charge in [-0.3, -0.25) is 4.90 Å². The molecule has 0 aliphatic carbocycles. The Bertz CT molecular complexity index is 1330. The van der Waals surface area contributed by atoms with Crippen LogP contribution in [0.4, 0.5) is 9.59 Å².